The van der Waals surface area contributed by atoms with Gasteiger partial charge in [-0.3, -0.25) is 4.79 Å². The smallest absolute Gasteiger partial charge is 0.416 e. The van der Waals surface area contributed by atoms with Crippen LogP contribution in [0.2, 0.25) is 0 Å². The maximum atomic E-state index is 13.0. The lowest BCUT2D eigenvalue weighted by atomic mass is 10.0. The van der Waals surface area contributed by atoms with Crippen molar-refractivity contribution in [3.8, 4) is 17.0 Å². The molecule has 0 spiro atoms. The number of piperidine rings is 1. The molecular formula is C22H21F3N4O3. The number of carbonyl (C=O) groups excluding carboxylic acids is 1. The molecule has 1 fully saturated rings. The third-order valence-corrected chi connectivity index (χ3v) is 5.45. The van der Waals surface area contributed by atoms with Gasteiger partial charge in [0, 0.05) is 41.9 Å². The number of phenols is 1. The lowest BCUT2D eigenvalue weighted by Crippen LogP contribution is -2.47. The Bertz CT molecular complexity index is 1140. The van der Waals surface area contributed by atoms with Crippen molar-refractivity contribution in [2.75, 3.05) is 25.5 Å². The van der Waals surface area contributed by atoms with Gasteiger partial charge in [-0.1, -0.05) is 24.3 Å². The number of likely N-dealkylation sites (N-methyl/N-ethyl adjacent to an activating group) is 1. The van der Waals surface area contributed by atoms with Gasteiger partial charge in [0.1, 0.15) is 17.5 Å². The second-order valence-corrected chi connectivity index (χ2v) is 7.82. The summed E-state index contributed by atoms with van der Waals surface area (Å²) in [7, 11) is 1.93. The van der Waals surface area contributed by atoms with Gasteiger partial charge in [-0.15, -0.1) is 10.2 Å². The van der Waals surface area contributed by atoms with Crippen molar-refractivity contribution in [1.82, 2.24) is 15.1 Å². The van der Waals surface area contributed by atoms with E-state index < -0.39 is 17.5 Å². The fourth-order valence-electron chi connectivity index (χ4n) is 4.06. The Morgan fingerprint density at radius 1 is 1.16 bits per heavy atom. The Morgan fingerprint density at radius 2 is 1.91 bits per heavy atom. The van der Waals surface area contributed by atoms with Crippen molar-refractivity contribution in [1.29, 1.82) is 0 Å². The number of anilines is 1. The SMILES string of the molecule is CN1C[C@H](Nc2nnc(-c3ccc(C(F)(F)F)cc3O)c3ccccc23)C[C@H](OC=O)C1. The molecule has 3 aromatic rings. The van der Waals surface area contributed by atoms with E-state index in [0.29, 0.717) is 48.6 Å². The molecule has 2 heterocycles. The number of likely N-dealkylation sites (tertiary alicyclic amines) is 1. The minimum Gasteiger partial charge on any atom is -0.507 e. The molecule has 2 atom stereocenters. The number of aromatic hydroxyl groups is 1. The summed E-state index contributed by atoms with van der Waals surface area (Å²) in [5.74, 6) is -0.0244. The number of aromatic nitrogens is 2. The van der Waals surface area contributed by atoms with Crippen molar-refractivity contribution in [3.05, 3.63) is 48.0 Å². The summed E-state index contributed by atoms with van der Waals surface area (Å²) in [5, 5.41) is 23.4. The van der Waals surface area contributed by atoms with E-state index in [1.165, 1.54) is 6.07 Å². The summed E-state index contributed by atoms with van der Waals surface area (Å²) in [6, 6.07) is 9.92. The van der Waals surface area contributed by atoms with Crippen LogP contribution in [-0.4, -0.2) is 59.0 Å². The standard InChI is InChI=1S/C22H21F3N4O3/c1-29-10-14(9-15(11-29)32-12-30)26-21-17-5-3-2-4-16(17)20(27-28-21)18-7-6-13(8-19(18)31)22(23,24)25/h2-8,12,14-15,31H,9-11H2,1H3,(H,26,28)/t14-,15+/m1/s1. The van der Waals surface area contributed by atoms with Crippen LogP contribution in [-0.2, 0) is 15.7 Å². The summed E-state index contributed by atoms with van der Waals surface area (Å²) in [6.07, 6.45) is -4.21. The van der Waals surface area contributed by atoms with Crippen LogP contribution in [0.1, 0.15) is 12.0 Å². The average Bonchev–Trinajstić information content (AvgIpc) is 2.73. The highest BCUT2D eigenvalue weighted by atomic mass is 19.4. The summed E-state index contributed by atoms with van der Waals surface area (Å²) >= 11 is 0. The minimum atomic E-state index is -4.56. The fraction of sp³-hybridized carbons (Fsp3) is 0.318. The van der Waals surface area contributed by atoms with E-state index >= 15 is 0 Å². The normalized spacial score (nSPS) is 19.6. The zero-order valence-electron chi connectivity index (χ0n) is 17.1. The number of alkyl halides is 3. The molecule has 1 aromatic heterocycles. The molecule has 0 aliphatic carbocycles. The van der Waals surface area contributed by atoms with Crippen LogP contribution in [0.15, 0.2) is 42.5 Å². The highest BCUT2D eigenvalue weighted by Gasteiger charge is 2.31. The van der Waals surface area contributed by atoms with Gasteiger partial charge in [0.15, 0.2) is 5.82 Å². The van der Waals surface area contributed by atoms with Crippen molar-refractivity contribution in [3.63, 3.8) is 0 Å². The van der Waals surface area contributed by atoms with E-state index in [4.69, 9.17) is 4.74 Å². The first kappa shape index (κ1) is 21.8. The number of carbonyl (C=O) groups is 1. The maximum absolute atomic E-state index is 13.0. The van der Waals surface area contributed by atoms with E-state index in [-0.39, 0.29) is 23.4 Å². The van der Waals surface area contributed by atoms with E-state index in [2.05, 4.69) is 15.5 Å². The molecular weight excluding hydrogens is 425 g/mol. The van der Waals surface area contributed by atoms with E-state index in [1.807, 2.05) is 24.1 Å². The van der Waals surface area contributed by atoms with Gasteiger partial charge in [-0.2, -0.15) is 13.2 Å². The minimum absolute atomic E-state index is 0.0540. The number of rotatable bonds is 5. The number of nitrogens with one attached hydrogen (secondary N) is 1. The fourth-order valence-corrected chi connectivity index (χ4v) is 4.06. The molecule has 7 nitrogen and oxygen atoms in total. The molecule has 10 heteroatoms. The van der Waals surface area contributed by atoms with Crippen LogP contribution in [0.25, 0.3) is 22.0 Å². The molecule has 0 unspecified atom stereocenters. The van der Waals surface area contributed by atoms with Gasteiger partial charge >= 0.3 is 6.18 Å². The van der Waals surface area contributed by atoms with Crippen molar-refractivity contribution in [2.45, 2.75) is 24.7 Å². The van der Waals surface area contributed by atoms with E-state index in [9.17, 15) is 23.1 Å². The van der Waals surface area contributed by atoms with Crippen molar-refractivity contribution < 1.29 is 27.8 Å². The Morgan fingerprint density at radius 3 is 2.59 bits per heavy atom. The van der Waals surface area contributed by atoms with Crippen LogP contribution in [0.4, 0.5) is 19.0 Å². The molecule has 0 radical (unpaired) electrons. The molecule has 0 saturated carbocycles. The summed E-state index contributed by atoms with van der Waals surface area (Å²) in [5.41, 5.74) is -0.506. The Balaban J connectivity index is 1.69. The van der Waals surface area contributed by atoms with E-state index in [1.54, 1.807) is 12.1 Å². The van der Waals surface area contributed by atoms with Crippen LogP contribution in [0.3, 0.4) is 0 Å². The van der Waals surface area contributed by atoms with Crippen LogP contribution in [0, 0.1) is 0 Å². The Kier molecular flexibility index (Phi) is 5.88. The van der Waals surface area contributed by atoms with Gasteiger partial charge in [-0.25, -0.2) is 0 Å². The van der Waals surface area contributed by atoms with Gasteiger partial charge in [-0.05, 0) is 25.2 Å². The van der Waals surface area contributed by atoms with Crippen molar-refractivity contribution >= 4 is 23.1 Å². The number of ether oxygens (including phenoxy) is 1. The molecule has 4 rings (SSSR count). The largest absolute Gasteiger partial charge is 0.507 e. The predicted molar refractivity (Wildman–Crippen MR) is 112 cm³/mol. The monoisotopic (exact) mass is 446 g/mol. The van der Waals surface area contributed by atoms with Gasteiger partial charge in [0.05, 0.1) is 5.56 Å². The zero-order chi connectivity index (χ0) is 22.9. The summed E-state index contributed by atoms with van der Waals surface area (Å²) < 4.78 is 44.0. The molecule has 2 aromatic carbocycles. The lowest BCUT2D eigenvalue weighted by Gasteiger charge is -2.35. The predicted octanol–water partition coefficient (Wildman–Crippen LogP) is 3.68. The van der Waals surface area contributed by atoms with Crippen molar-refractivity contribution in [2.24, 2.45) is 0 Å². The molecule has 1 saturated heterocycles. The number of benzene rings is 2. The van der Waals surface area contributed by atoms with Crippen LogP contribution in [0.5, 0.6) is 5.75 Å². The number of nitrogens with zero attached hydrogens (tertiary/aromatic N) is 3. The highest BCUT2D eigenvalue weighted by Crippen LogP contribution is 2.38. The number of hydrogen-bond donors (Lipinski definition) is 2. The van der Waals surface area contributed by atoms with Gasteiger partial charge in [0.2, 0.25) is 0 Å². The van der Waals surface area contributed by atoms with E-state index in [0.717, 1.165) is 6.07 Å². The maximum Gasteiger partial charge on any atom is 0.416 e. The third-order valence-electron chi connectivity index (χ3n) is 5.45. The number of hydrogen-bond acceptors (Lipinski definition) is 7. The first-order chi connectivity index (χ1) is 15.3. The lowest BCUT2D eigenvalue weighted by molar-refractivity contribution is -0.138. The first-order valence-corrected chi connectivity index (χ1v) is 9.96. The van der Waals surface area contributed by atoms with Crippen LogP contribution >= 0.6 is 0 Å². The van der Waals surface area contributed by atoms with Gasteiger partial charge in [0.25, 0.3) is 6.47 Å². The molecule has 1 aliphatic rings. The molecule has 0 bridgehead atoms. The Labute approximate surface area is 181 Å². The van der Waals surface area contributed by atoms with Gasteiger partial charge < -0.3 is 20.1 Å². The molecule has 0 amide bonds. The highest BCUT2D eigenvalue weighted by molar-refractivity contribution is 6.00. The summed E-state index contributed by atoms with van der Waals surface area (Å²) in [4.78, 5) is 12.8. The molecule has 168 valence electrons. The Hall–Kier alpha value is -3.40. The number of phenolic OH excluding ortho intramolecular Hbond substituents is 1. The number of halogens is 3. The zero-order valence-corrected chi connectivity index (χ0v) is 17.1. The third kappa shape index (κ3) is 4.45. The second kappa shape index (κ2) is 8.62. The molecule has 2 N–H and O–H groups in total. The van der Waals surface area contributed by atoms with Crippen LogP contribution < -0.4 is 5.32 Å². The summed E-state index contributed by atoms with van der Waals surface area (Å²) in [6.45, 7) is 1.78. The average molecular weight is 446 g/mol. The molecule has 32 heavy (non-hydrogen) atoms. The molecule has 1 aliphatic heterocycles. The second-order valence-electron chi connectivity index (χ2n) is 7.82. The topological polar surface area (TPSA) is 87.6 Å². The first-order valence-electron chi connectivity index (χ1n) is 9.96. The number of fused-ring (bicyclic) bond motifs is 1. The quantitative estimate of drug-likeness (QED) is 0.578.